The molecule has 0 aliphatic rings. The van der Waals surface area contributed by atoms with Gasteiger partial charge >= 0.3 is 0 Å². The maximum absolute atomic E-state index is 13.2. The van der Waals surface area contributed by atoms with Gasteiger partial charge in [-0.15, -0.1) is 0 Å². The Morgan fingerprint density at radius 3 is 2.70 bits per heavy atom. The van der Waals surface area contributed by atoms with Crippen LogP contribution >= 0.6 is 0 Å². The van der Waals surface area contributed by atoms with Gasteiger partial charge in [0.2, 0.25) is 0 Å². The number of para-hydroxylation sites is 2. The predicted molar refractivity (Wildman–Crippen MR) is 73.0 cm³/mol. The SMILES string of the molecule is NC(Cn1cnc2ccccc21)c1ccc(F)c(F)c1. The van der Waals surface area contributed by atoms with Crippen LogP contribution < -0.4 is 5.73 Å². The molecule has 1 atom stereocenters. The Morgan fingerprint density at radius 1 is 1.10 bits per heavy atom. The molecule has 0 amide bonds. The summed E-state index contributed by atoms with van der Waals surface area (Å²) in [5.41, 5.74) is 8.46. The summed E-state index contributed by atoms with van der Waals surface area (Å²) >= 11 is 0. The molecule has 20 heavy (non-hydrogen) atoms. The highest BCUT2D eigenvalue weighted by Gasteiger charge is 2.11. The Bertz CT molecular complexity index is 752. The molecule has 1 unspecified atom stereocenters. The zero-order valence-electron chi connectivity index (χ0n) is 10.6. The van der Waals surface area contributed by atoms with Gasteiger partial charge in [0.15, 0.2) is 11.6 Å². The van der Waals surface area contributed by atoms with Crippen molar-refractivity contribution >= 4 is 11.0 Å². The third-order valence-electron chi connectivity index (χ3n) is 3.29. The van der Waals surface area contributed by atoms with E-state index < -0.39 is 17.7 Å². The molecule has 5 heteroatoms. The number of rotatable bonds is 3. The summed E-state index contributed by atoms with van der Waals surface area (Å²) in [6.45, 7) is 0.450. The number of imidazole rings is 1. The van der Waals surface area contributed by atoms with E-state index in [4.69, 9.17) is 5.73 Å². The normalized spacial score (nSPS) is 12.8. The molecule has 0 saturated carbocycles. The molecular formula is C15H13F2N3. The number of halogens is 2. The fraction of sp³-hybridized carbons (Fsp3) is 0.133. The van der Waals surface area contributed by atoms with Crippen molar-refractivity contribution in [3.8, 4) is 0 Å². The van der Waals surface area contributed by atoms with Crippen LogP contribution in [0.5, 0.6) is 0 Å². The van der Waals surface area contributed by atoms with Crippen molar-refractivity contribution in [2.45, 2.75) is 12.6 Å². The molecule has 1 heterocycles. The first kappa shape index (κ1) is 12.7. The summed E-state index contributed by atoms with van der Waals surface area (Å²) < 4.78 is 28.0. The smallest absolute Gasteiger partial charge is 0.159 e. The van der Waals surface area contributed by atoms with Crippen molar-refractivity contribution in [1.82, 2.24) is 9.55 Å². The molecule has 0 radical (unpaired) electrons. The molecule has 2 aromatic carbocycles. The average Bonchev–Trinajstić information content (AvgIpc) is 2.85. The lowest BCUT2D eigenvalue weighted by Crippen LogP contribution is -2.17. The Morgan fingerprint density at radius 2 is 1.90 bits per heavy atom. The molecule has 0 saturated heterocycles. The van der Waals surface area contributed by atoms with Crippen molar-refractivity contribution < 1.29 is 8.78 Å². The highest BCUT2D eigenvalue weighted by atomic mass is 19.2. The second-order valence-electron chi connectivity index (χ2n) is 4.67. The van der Waals surface area contributed by atoms with Gasteiger partial charge in [0.25, 0.3) is 0 Å². The number of aromatic nitrogens is 2. The monoisotopic (exact) mass is 273 g/mol. The molecule has 2 N–H and O–H groups in total. The molecule has 1 aromatic heterocycles. The van der Waals surface area contributed by atoms with Crippen LogP contribution in [0.25, 0.3) is 11.0 Å². The number of nitrogens with two attached hydrogens (primary N) is 1. The quantitative estimate of drug-likeness (QED) is 0.797. The van der Waals surface area contributed by atoms with Gasteiger partial charge in [0.1, 0.15) is 0 Å². The molecule has 0 bridgehead atoms. The van der Waals surface area contributed by atoms with Gasteiger partial charge in [-0.05, 0) is 29.8 Å². The molecule has 0 aliphatic heterocycles. The van der Waals surface area contributed by atoms with E-state index in [1.807, 2.05) is 28.8 Å². The topological polar surface area (TPSA) is 43.8 Å². The van der Waals surface area contributed by atoms with Crippen LogP contribution in [0.2, 0.25) is 0 Å². The van der Waals surface area contributed by atoms with E-state index in [2.05, 4.69) is 4.98 Å². The van der Waals surface area contributed by atoms with Gasteiger partial charge in [-0.1, -0.05) is 18.2 Å². The van der Waals surface area contributed by atoms with E-state index in [9.17, 15) is 8.78 Å². The van der Waals surface area contributed by atoms with E-state index in [-0.39, 0.29) is 0 Å². The lowest BCUT2D eigenvalue weighted by molar-refractivity contribution is 0.502. The molecule has 3 rings (SSSR count). The van der Waals surface area contributed by atoms with Gasteiger partial charge in [-0.25, -0.2) is 13.8 Å². The first-order chi connectivity index (χ1) is 9.65. The Balaban J connectivity index is 1.88. The van der Waals surface area contributed by atoms with Crippen LogP contribution in [0.4, 0.5) is 8.78 Å². The summed E-state index contributed by atoms with van der Waals surface area (Å²) in [4.78, 5) is 4.27. The molecule has 102 valence electrons. The number of hydrogen-bond acceptors (Lipinski definition) is 2. The Labute approximate surface area is 114 Å². The highest BCUT2D eigenvalue weighted by molar-refractivity contribution is 5.74. The molecule has 0 aliphatic carbocycles. The lowest BCUT2D eigenvalue weighted by atomic mass is 10.1. The predicted octanol–water partition coefficient (Wildman–Crippen LogP) is 3.01. The van der Waals surface area contributed by atoms with Crippen molar-refractivity contribution in [2.24, 2.45) is 5.73 Å². The first-order valence-corrected chi connectivity index (χ1v) is 6.25. The van der Waals surface area contributed by atoms with Crippen LogP contribution in [0.3, 0.4) is 0 Å². The van der Waals surface area contributed by atoms with Gasteiger partial charge in [0.05, 0.1) is 17.4 Å². The third kappa shape index (κ3) is 2.28. The summed E-state index contributed by atoms with van der Waals surface area (Å²) in [5.74, 6) is -1.75. The summed E-state index contributed by atoms with van der Waals surface area (Å²) in [6, 6.07) is 11.0. The van der Waals surface area contributed by atoms with Crippen molar-refractivity contribution in [2.75, 3.05) is 0 Å². The number of hydrogen-bond donors (Lipinski definition) is 1. The van der Waals surface area contributed by atoms with Crippen molar-refractivity contribution in [3.63, 3.8) is 0 Å². The fourth-order valence-electron chi connectivity index (χ4n) is 2.22. The number of nitrogens with zero attached hydrogens (tertiary/aromatic N) is 2. The zero-order chi connectivity index (χ0) is 14.1. The Kier molecular flexibility index (Phi) is 3.20. The minimum atomic E-state index is -0.881. The van der Waals surface area contributed by atoms with E-state index in [0.29, 0.717) is 12.1 Å². The zero-order valence-corrected chi connectivity index (χ0v) is 10.6. The van der Waals surface area contributed by atoms with Crippen molar-refractivity contribution in [1.29, 1.82) is 0 Å². The molecule has 3 nitrogen and oxygen atoms in total. The first-order valence-electron chi connectivity index (χ1n) is 6.25. The van der Waals surface area contributed by atoms with Crippen LogP contribution in [-0.4, -0.2) is 9.55 Å². The largest absolute Gasteiger partial charge is 0.329 e. The lowest BCUT2D eigenvalue weighted by Gasteiger charge is -2.13. The average molecular weight is 273 g/mol. The molecule has 0 fully saturated rings. The van der Waals surface area contributed by atoms with Gasteiger partial charge in [0, 0.05) is 12.6 Å². The summed E-state index contributed by atoms with van der Waals surface area (Å²) in [6.07, 6.45) is 1.70. The molecule has 3 aromatic rings. The van der Waals surface area contributed by atoms with E-state index >= 15 is 0 Å². The standard InChI is InChI=1S/C15H13F2N3/c16-11-6-5-10(7-12(11)17)13(18)8-20-9-19-14-3-1-2-4-15(14)20/h1-7,9,13H,8,18H2. The van der Waals surface area contributed by atoms with Crippen LogP contribution in [0, 0.1) is 11.6 Å². The number of benzene rings is 2. The highest BCUT2D eigenvalue weighted by Crippen LogP contribution is 2.19. The number of fused-ring (bicyclic) bond motifs is 1. The van der Waals surface area contributed by atoms with Crippen molar-refractivity contribution in [3.05, 3.63) is 66.0 Å². The summed E-state index contributed by atoms with van der Waals surface area (Å²) in [7, 11) is 0. The maximum Gasteiger partial charge on any atom is 0.159 e. The Hall–Kier alpha value is -2.27. The van der Waals surface area contributed by atoms with E-state index in [1.165, 1.54) is 6.07 Å². The van der Waals surface area contributed by atoms with E-state index in [0.717, 1.165) is 23.2 Å². The fourth-order valence-corrected chi connectivity index (χ4v) is 2.22. The maximum atomic E-state index is 13.2. The van der Waals surface area contributed by atoms with Gasteiger partial charge in [-0.2, -0.15) is 0 Å². The summed E-state index contributed by atoms with van der Waals surface area (Å²) in [5, 5.41) is 0. The van der Waals surface area contributed by atoms with Crippen LogP contribution in [0.15, 0.2) is 48.8 Å². The van der Waals surface area contributed by atoms with Crippen LogP contribution in [0.1, 0.15) is 11.6 Å². The van der Waals surface area contributed by atoms with E-state index in [1.54, 1.807) is 6.33 Å². The molecule has 0 spiro atoms. The minimum absolute atomic E-state index is 0.428. The van der Waals surface area contributed by atoms with Gasteiger partial charge in [-0.3, -0.25) is 0 Å². The van der Waals surface area contributed by atoms with Crippen LogP contribution in [-0.2, 0) is 6.54 Å². The second kappa shape index (κ2) is 5.02. The minimum Gasteiger partial charge on any atom is -0.329 e. The second-order valence-corrected chi connectivity index (χ2v) is 4.67. The van der Waals surface area contributed by atoms with Gasteiger partial charge < -0.3 is 10.3 Å². The third-order valence-corrected chi connectivity index (χ3v) is 3.29. The molecular weight excluding hydrogens is 260 g/mol.